The predicted molar refractivity (Wildman–Crippen MR) is 54.7 cm³/mol. The van der Waals surface area contributed by atoms with Gasteiger partial charge in [-0.15, -0.1) is 0 Å². The fourth-order valence-electron chi connectivity index (χ4n) is 1.18. The predicted octanol–water partition coefficient (Wildman–Crippen LogP) is -1.47. The van der Waals surface area contributed by atoms with Crippen LogP contribution in [0.4, 0.5) is 0 Å². The first-order chi connectivity index (χ1) is 7.27. The van der Waals surface area contributed by atoms with Gasteiger partial charge in [-0.25, -0.2) is 4.98 Å². The van der Waals surface area contributed by atoms with Crippen LogP contribution in [-0.4, -0.2) is 20.9 Å². The van der Waals surface area contributed by atoms with Crippen LogP contribution in [0.25, 0.3) is 0 Å². The number of ketones is 1. The number of benzene rings is 1. The zero-order chi connectivity index (χ0) is 10.7. The maximum Gasteiger partial charge on any atom is 1.00 e. The third kappa shape index (κ3) is 2.88. The van der Waals surface area contributed by atoms with E-state index in [-0.39, 0.29) is 42.5 Å². The summed E-state index contributed by atoms with van der Waals surface area (Å²) in [6, 6.07) is 6.02. The van der Waals surface area contributed by atoms with E-state index in [9.17, 15) is 4.79 Å². The van der Waals surface area contributed by atoms with Crippen molar-refractivity contribution in [2.75, 3.05) is 0 Å². The van der Waals surface area contributed by atoms with E-state index in [4.69, 9.17) is 5.11 Å². The van der Waals surface area contributed by atoms with Gasteiger partial charge in [0.2, 0.25) is 5.78 Å². The van der Waals surface area contributed by atoms with Crippen molar-refractivity contribution in [3.8, 4) is 5.75 Å². The summed E-state index contributed by atoms with van der Waals surface area (Å²) in [7, 11) is 0. The Morgan fingerprint density at radius 1 is 1.19 bits per heavy atom. The summed E-state index contributed by atoms with van der Waals surface area (Å²) < 4.78 is 0. The second kappa shape index (κ2) is 5.75. The van der Waals surface area contributed by atoms with Crippen LogP contribution in [0.2, 0.25) is 0 Å². The van der Waals surface area contributed by atoms with Crippen molar-refractivity contribution in [3.05, 3.63) is 54.1 Å². The molecule has 5 heteroatoms. The Morgan fingerprint density at radius 2 is 1.88 bits per heavy atom. The van der Waals surface area contributed by atoms with Crippen LogP contribution in [-0.2, 0) is 0 Å². The summed E-state index contributed by atoms with van der Waals surface area (Å²) in [5.41, 5.74) is 0.775. The van der Waals surface area contributed by atoms with Gasteiger partial charge >= 0.3 is 29.6 Å². The number of phenolic OH excluding ortho intramolecular Hbond substituents is 1. The summed E-state index contributed by atoms with van der Waals surface area (Å²) in [6.07, 6.45) is 4.39. The summed E-state index contributed by atoms with van der Waals surface area (Å²) in [5, 5.41) is 9.07. The van der Waals surface area contributed by atoms with Crippen molar-refractivity contribution in [2.45, 2.75) is 0 Å². The van der Waals surface area contributed by atoms with Gasteiger partial charge in [0.1, 0.15) is 11.4 Å². The molecule has 1 heterocycles. The molecule has 0 unspecified atom stereocenters. The van der Waals surface area contributed by atoms with E-state index in [1.807, 2.05) is 0 Å². The molecule has 0 aliphatic carbocycles. The van der Waals surface area contributed by atoms with Crippen molar-refractivity contribution < 1.29 is 40.9 Å². The maximum absolute atomic E-state index is 11.8. The summed E-state index contributed by atoms with van der Waals surface area (Å²) in [4.78, 5) is 19.5. The van der Waals surface area contributed by atoms with E-state index in [0.29, 0.717) is 11.3 Å². The topological polar surface area (TPSA) is 63.1 Å². The third-order valence-electron chi connectivity index (χ3n) is 1.93. The Balaban J connectivity index is 0.00000128. The minimum Gasteiger partial charge on any atom is -1.00 e. The van der Waals surface area contributed by atoms with Gasteiger partial charge in [0.05, 0.1) is 6.20 Å². The number of carbonyl (C=O) groups excluding carboxylic acids is 1. The molecule has 16 heavy (non-hydrogen) atoms. The molecule has 1 N–H and O–H groups in total. The Morgan fingerprint density at radius 3 is 2.44 bits per heavy atom. The van der Waals surface area contributed by atoms with Gasteiger partial charge in [-0.1, -0.05) is 0 Å². The monoisotopic (exact) mass is 224 g/mol. The number of nitrogens with zero attached hydrogens (tertiary/aromatic N) is 2. The molecule has 4 nitrogen and oxygen atoms in total. The van der Waals surface area contributed by atoms with Gasteiger partial charge in [-0.3, -0.25) is 9.78 Å². The molecule has 1 aromatic carbocycles. The Kier molecular flexibility index (Phi) is 4.61. The van der Waals surface area contributed by atoms with E-state index in [0.717, 1.165) is 0 Å². The molecule has 0 amide bonds. The Hall–Kier alpha value is -1.23. The molecular weight excluding hydrogens is 215 g/mol. The normalized spacial score (nSPS) is 9.25. The smallest absolute Gasteiger partial charge is 1.00 e. The number of aromatic hydroxyl groups is 1. The number of aromatic nitrogens is 2. The van der Waals surface area contributed by atoms with Crippen LogP contribution in [0, 0.1) is 0 Å². The first kappa shape index (κ1) is 12.8. The average molecular weight is 224 g/mol. The zero-order valence-corrected chi connectivity index (χ0v) is 10.8. The fraction of sp³-hybridized carbons (Fsp3) is 0. The zero-order valence-electron chi connectivity index (χ0n) is 9.79. The number of phenols is 1. The molecule has 0 saturated carbocycles. The van der Waals surface area contributed by atoms with E-state index in [1.54, 1.807) is 12.1 Å². The van der Waals surface area contributed by atoms with Crippen molar-refractivity contribution in [1.82, 2.24) is 9.97 Å². The van der Waals surface area contributed by atoms with Crippen LogP contribution in [0.1, 0.15) is 17.5 Å². The molecule has 0 radical (unpaired) electrons. The molecule has 0 aliphatic rings. The van der Waals surface area contributed by atoms with Gasteiger partial charge in [-0.05, 0) is 24.3 Å². The van der Waals surface area contributed by atoms with Crippen molar-refractivity contribution in [2.24, 2.45) is 0 Å². The standard InChI is InChI=1S/C11H8N2O2.Na.H/c14-9-3-1-8(2-4-9)11(15)10-7-12-5-6-13-10;;/h1-7,14H;;/q;+1;-1. The average Bonchev–Trinajstić information content (AvgIpc) is 2.30. The summed E-state index contributed by atoms with van der Waals surface area (Å²) >= 11 is 0. The second-order valence-corrected chi connectivity index (χ2v) is 2.97. The van der Waals surface area contributed by atoms with E-state index in [1.165, 1.54) is 30.7 Å². The van der Waals surface area contributed by atoms with Gasteiger partial charge in [0, 0.05) is 18.0 Å². The first-order valence-corrected chi connectivity index (χ1v) is 4.37. The molecule has 0 aliphatic heterocycles. The van der Waals surface area contributed by atoms with Gasteiger partial charge in [-0.2, -0.15) is 0 Å². The molecule has 2 rings (SSSR count). The Labute approximate surface area is 116 Å². The second-order valence-electron chi connectivity index (χ2n) is 2.97. The molecule has 2 aromatic rings. The molecule has 0 atom stereocenters. The number of carbonyl (C=O) groups is 1. The van der Waals surface area contributed by atoms with Gasteiger partial charge in [0.25, 0.3) is 0 Å². The quantitative estimate of drug-likeness (QED) is 0.499. The van der Waals surface area contributed by atoms with E-state index < -0.39 is 0 Å². The molecular formula is C11H9N2NaO2. The molecule has 0 saturated heterocycles. The maximum atomic E-state index is 11.8. The minimum absolute atomic E-state index is 0. The van der Waals surface area contributed by atoms with Crippen LogP contribution >= 0.6 is 0 Å². The van der Waals surface area contributed by atoms with E-state index in [2.05, 4.69) is 9.97 Å². The van der Waals surface area contributed by atoms with Crippen LogP contribution in [0.15, 0.2) is 42.9 Å². The van der Waals surface area contributed by atoms with Gasteiger partial charge in [0.15, 0.2) is 0 Å². The molecule has 0 bridgehead atoms. The van der Waals surface area contributed by atoms with Gasteiger partial charge < -0.3 is 6.53 Å². The fourth-order valence-corrected chi connectivity index (χ4v) is 1.18. The largest absolute Gasteiger partial charge is 1.00 e. The van der Waals surface area contributed by atoms with Crippen molar-refractivity contribution >= 4 is 5.78 Å². The first-order valence-electron chi connectivity index (χ1n) is 4.37. The summed E-state index contributed by atoms with van der Waals surface area (Å²) in [6.45, 7) is 0. The van der Waals surface area contributed by atoms with Crippen LogP contribution in [0.3, 0.4) is 0 Å². The van der Waals surface area contributed by atoms with Crippen LogP contribution in [0.5, 0.6) is 5.75 Å². The van der Waals surface area contributed by atoms with E-state index >= 15 is 0 Å². The van der Waals surface area contributed by atoms with Crippen molar-refractivity contribution in [3.63, 3.8) is 0 Å². The minimum atomic E-state index is -0.205. The van der Waals surface area contributed by atoms with Crippen molar-refractivity contribution in [1.29, 1.82) is 0 Å². The van der Waals surface area contributed by atoms with Crippen LogP contribution < -0.4 is 29.6 Å². The molecule has 0 spiro atoms. The number of hydrogen-bond donors (Lipinski definition) is 1. The molecule has 1 aromatic heterocycles. The third-order valence-corrected chi connectivity index (χ3v) is 1.93. The molecule has 0 fully saturated rings. The summed E-state index contributed by atoms with van der Waals surface area (Å²) in [5.74, 6) is -0.0752. The Bertz CT molecular complexity index is 477. The number of rotatable bonds is 2. The molecule has 76 valence electrons. The SMILES string of the molecule is O=C(c1ccc(O)cc1)c1cnccn1.[H-].[Na+]. The number of hydrogen-bond acceptors (Lipinski definition) is 4.